The molecule has 100 valence electrons. The molecular formula is C14H19N5. The van der Waals surface area contributed by atoms with Gasteiger partial charge in [0.2, 0.25) is 5.95 Å². The number of nitrogens with zero attached hydrogens (tertiary/aromatic N) is 3. The van der Waals surface area contributed by atoms with Gasteiger partial charge in [-0.3, -0.25) is 5.43 Å². The molecule has 1 aromatic heterocycles. The van der Waals surface area contributed by atoms with Gasteiger partial charge < -0.3 is 4.90 Å². The third-order valence-corrected chi connectivity index (χ3v) is 2.90. The molecule has 0 saturated carbocycles. The van der Waals surface area contributed by atoms with E-state index in [4.69, 9.17) is 5.84 Å². The number of hydrogen-bond donors (Lipinski definition) is 2. The van der Waals surface area contributed by atoms with Gasteiger partial charge in [-0.1, -0.05) is 29.8 Å². The highest BCUT2D eigenvalue weighted by Gasteiger charge is 2.06. The van der Waals surface area contributed by atoms with Crippen LogP contribution < -0.4 is 16.2 Å². The molecule has 0 aliphatic heterocycles. The van der Waals surface area contributed by atoms with Crippen molar-refractivity contribution >= 4 is 11.8 Å². The number of hydrogen-bond acceptors (Lipinski definition) is 5. The van der Waals surface area contributed by atoms with Crippen molar-refractivity contribution in [3.05, 3.63) is 47.2 Å². The van der Waals surface area contributed by atoms with E-state index in [-0.39, 0.29) is 0 Å². The number of benzene rings is 1. The molecule has 2 rings (SSSR count). The van der Waals surface area contributed by atoms with E-state index in [2.05, 4.69) is 51.5 Å². The summed E-state index contributed by atoms with van der Waals surface area (Å²) in [6, 6.07) is 10.4. The molecule has 0 fully saturated rings. The van der Waals surface area contributed by atoms with Crippen LogP contribution >= 0.6 is 0 Å². The van der Waals surface area contributed by atoms with Crippen molar-refractivity contribution in [1.29, 1.82) is 0 Å². The van der Waals surface area contributed by atoms with Gasteiger partial charge in [0.1, 0.15) is 5.82 Å². The van der Waals surface area contributed by atoms with Crippen LogP contribution in [0, 0.1) is 13.8 Å². The molecule has 0 radical (unpaired) electrons. The van der Waals surface area contributed by atoms with Crippen molar-refractivity contribution in [1.82, 2.24) is 9.97 Å². The van der Waals surface area contributed by atoms with Crippen LogP contribution in [-0.4, -0.2) is 17.0 Å². The fraction of sp³-hybridized carbons (Fsp3) is 0.286. The Morgan fingerprint density at radius 1 is 1.16 bits per heavy atom. The van der Waals surface area contributed by atoms with E-state index < -0.39 is 0 Å². The Bertz CT molecular complexity index is 550. The van der Waals surface area contributed by atoms with Crippen LogP contribution in [-0.2, 0) is 6.54 Å². The molecule has 5 nitrogen and oxygen atoms in total. The minimum absolute atomic E-state index is 0.436. The largest absolute Gasteiger partial charge is 0.355 e. The zero-order valence-corrected chi connectivity index (χ0v) is 11.5. The molecule has 0 spiro atoms. The first-order chi connectivity index (χ1) is 9.08. The first kappa shape index (κ1) is 13.3. The number of nitrogen functional groups attached to an aromatic ring is 1. The van der Waals surface area contributed by atoms with Crippen LogP contribution in [0.3, 0.4) is 0 Å². The molecule has 0 amide bonds. The lowest BCUT2D eigenvalue weighted by molar-refractivity contribution is 0.885. The third-order valence-electron chi connectivity index (χ3n) is 2.90. The second-order valence-corrected chi connectivity index (χ2v) is 4.68. The van der Waals surface area contributed by atoms with Crippen LogP contribution in [0.5, 0.6) is 0 Å². The summed E-state index contributed by atoms with van der Waals surface area (Å²) < 4.78 is 0. The van der Waals surface area contributed by atoms with Crippen LogP contribution in [0.15, 0.2) is 30.3 Å². The number of hydrazine groups is 1. The summed E-state index contributed by atoms with van der Waals surface area (Å²) in [5.74, 6) is 6.65. The summed E-state index contributed by atoms with van der Waals surface area (Å²) in [4.78, 5) is 10.6. The molecule has 19 heavy (non-hydrogen) atoms. The normalized spacial score (nSPS) is 10.3. The minimum atomic E-state index is 0.436. The Morgan fingerprint density at radius 2 is 1.84 bits per heavy atom. The van der Waals surface area contributed by atoms with E-state index in [0.29, 0.717) is 5.95 Å². The molecule has 0 aliphatic carbocycles. The van der Waals surface area contributed by atoms with Gasteiger partial charge in [-0.05, 0) is 19.4 Å². The van der Waals surface area contributed by atoms with Crippen LogP contribution in [0.25, 0.3) is 0 Å². The second kappa shape index (κ2) is 5.67. The van der Waals surface area contributed by atoms with Crippen LogP contribution in [0.4, 0.5) is 11.8 Å². The Kier molecular flexibility index (Phi) is 3.97. The van der Waals surface area contributed by atoms with E-state index in [1.807, 2.05) is 20.0 Å². The Balaban J connectivity index is 2.17. The third kappa shape index (κ3) is 3.42. The van der Waals surface area contributed by atoms with Gasteiger partial charge in [0.05, 0.1) is 0 Å². The predicted molar refractivity (Wildman–Crippen MR) is 77.9 cm³/mol. The molecule has 2 aromatic rings. The van der Waals surface area contributed by atoms with E-state index in [1.165, 1.54) is 11.1 Å². The average Bonchev–Trinajstić information content (AvgIpc) is 2.40. The fourth-order valence-electron chi connectivity index (χ4n) is 1.86. The summed E-state index contributed by atoms with van der Waals surface area (Å²) in [5, 5.41) is 0. The van der Waals surface area contributed by atoms with E-state index in [0.717, 1.165) is 18.1 Å². The minimum Gasteiger partial charge on any atom is -0.355 e. The lowest BCUT2D eigenvalue weighted by Crippen LogP contribution is -2.20. The van der Waals surface area contributed by atoms with Crippen molar-refractivity contribution in [2.75, 3.05) is 17.4 Å². The highest BCUT2D eigenvalue weighted by molar-refractivity contribution is 5.44. The SMILES string of the molecule is Cc1ccc(CN(C)c2cc(C)nc(NN)n2)cc1. The summed E-state index contributed by atoms with van der Waals surface area (Å²) in [6.07, 6.45) is 0. The molecule has 1 aromatic carbocycles. The van der Waals surface area contributed by atoms with Gasteiger partial charge in [0.15, 0.2) is 0 Å². The standard InChI is InChI=1S/C14H19N5/c1-10-4-6-12(7-5-10)9-19(3)13-8-11(2)16-14(17-13)18-15/h4-8H,9,15H2,1-3H3,(H,16,17,18). The fourth-order valence-corrected chi connectivity index (χ4v) is 1.86. The van der Waals surface area contributed by atoms with Crippen molar-refractivity contribution in [3.8, 4) is 0 Å². The van der Waals surface area contributed by atoms with E-state index in [1.54, 1.807) is 0 Å². The number of nitrogens with two attached hydrogens (primary N) is 1. The number of rotatable bonds is 4. The molecule has 3 N–H and O–H groups in total. The summed E-state index contributed by atoms with van der Waals surface area (Å²) in [6.45, 7) is 4.80. The average molecular weight is 257 g/mol. The molecule has 0 saturated heterocycles. The van der Waals surface area contributed by atoms with Crippen LogP contribution in [0.1, 0.15) is 16.8 Å². The Hall–Kier alpha value is -2.14. The van der Waals surface area contributed by atoms with E-state index >= 15 is 0 Å². The summed E-state index contributed by atoms with van der Waals surface area (Å²) >= 11 is 0. The maximum atomic E-state index is 5.36. The first-order valence-corrected chi connectivity index (χ1v) is 6.17. The molecule has 0 unspecified atom stereocenters. The van der Waals surface area contributed by atoms with Crippen LogP contribution in [0.2, 0.25) is 0 Å². The lowest BCUT2D eigenvalue weighted by Gasteiger charge is -2.19. The molecule has 0 atom stereocenters. The van der Waals surface area contributed by atoms with Crippen molar-refractivity contribution in [3.63, 3.8) is 0 Å². The van der Waals surface area contributed by atoms with Crippen molar-refractivity contribution in [2.24, 2.45) is 5.84 Å². The van der Waals surface area contributed by atoms with Gasteiger partial charge in [0, 0.05) is 25.4 Å². The molecule has 5 heteroatoms. The predicted octanol–water partition coefficient (Wildman–Crippen LogP) is 2.02. The highest BCUT2D eigenvalue weighted by Crippen LogP contribution is 2.16. The maximum Gasteiger partial charge on any atom is 0.239 e. The zero-order valence-electron chi connectivity index (χ0n) is 11.5. The second-order valence-electron chi connectivity index (χ2n) is 4.68. The summed E-state index contributed by atoms with van der Waals surface area (Å²) in [5.41, 5.74) is 5.87. The Morgan fingerprint density at radius 3 is 2.47 bits per heavy atom. The molecule has 0 bridgehead atoms. The summed E-state index contributed by atoms with van der Waals surface area (Å²) in [7, 11) is 2.00. The van der Waals surface area contributed by atoms with E-state index in [9.17, 15) is 0 Å². The maximum absolute atomic E-state index is 5.36. The Labute approximate surface area is 113 Å². The lowest BCUT2D eigenvalue weighted by atomic mass is 10.1. The topological polar surface area (TPSA) is 67.1 Å². The quantitative estimate of drug-likeness (QED) is 0.648. The van der Waals surface area contributed by atoms with Crippen molar-refractivity contribution in [2.45, 2.75) is 20.4 Å². The molecule has 1 heterocycles. The van der Waals surface area contributed by atoms with Gasteiger partial charge in [-0.15, -0.1) is 0 Å². The van der Waals surface area contributed by atoms with Gasteiger partial charge in [-0.25, -0.2) is 10.8 Å². The molecular weight excluding hydrogens is 238 g/mol. The number of anilines is 2. The number of nitrogens with one attached hydrogen (secondary N) is 1. The smallest absolute Gasteiger partial charge is 0.239 e. The van der Waals surface area contributed by atoms with Gasteiger partial charge >= 0.3 is 0 Å². The molecule has 0 aliphatic rings. The highest BCUT2D eigenvalue weighted by atomic mass is 15.3. The number of aromatic nitrogens is 2. The van der Waals surface area contributed by atoms with Gasteiger partial charge in [0.25, 0.3) is 0 Å². The van der Waals surface area contributed by atoms with Crippen molar-refractivity contribution < 1.29 is 0 Å². The zero-order chi connectivity index (χ0) is 13.8. The first-order valence-electron chi connectivity index (χ1n) is 6.17. The van der Waals surface area contributed by atoms with Gasteiger partial charge in [-0.2, -0.15) is 4.98 Å². The monoisotopic (exact) mass is 257 g/mol. The number of aryl methyl sites for hydroxylation is 2.